The van der Waals surface area contributed by atoms with Gasteiger partial charge in [-0.1, -0.05) is 32.9 Å². The SMILES string of the molecule is CCC(=O)C[C@H]1Cc2cccc(C(=O)OCCC(C)C)c2OB1O. The van der Waals surface area contributed by atoms with Gasteiger partial charge in [-0.05, 0) is 30.4 Å². The second kappa shape index (κ2) is 8.33. The molecule has 0 amide bonds. The molecule has 130 valence electrons. The highest BCUT2D eigenvalue weighted by molar-refractivity contribution is 6.47. The van der Waals surface area contributed by atoms with E-state index in [0.29, 0.717) is 36.7 Å². The molecule has 0 aliphatic carbocycles. The van der Waals surface area contributed by atoms with Crippen LogP contribution in [0.25, 0.3) is 0 Å². The van der Waals surface area contributed by atoms with Crippen LogP contribution in [0, 0.1) is 5.92 Å². The van der Waals surface area contributed by atoms with Gasteiger partial charge < -0.3 is 14.4 Å². The Kier molecular flexibility index (Phi) is 6.43. The monoisotopic (exact) mass is 332 g/mol. The van der Waals surface area contributed by atoms with E-state index in [1.54, 1.807) is 19.1 Å². The molecule has 0 radical (unpaired) electrons. The van der Waals surface area contributed by atoms with Gasteiger partial charge in [0, 0.05) is 18.7 Å². The van der Waals surface area contributed by atoms with Gasteiger partial charge in [-0.15, -0.1) is 0 Å². The first kappa shape index (κ1) is 18.5. The largest absolute Gasteiger partial charge is 0.535 e. The van der Waals surface area contributed by atoms with E-state index in [2.05, 4.69) is 13.8 Å². The molecule has 0 unspecified atom stereocenters. The predicted octanol–water partition coefficient (Wildman–Crippen LogP) is 3.04. The van der Waals surface area contributed by atoms with Crippen LogP contribution in [0.15, 0.2) is 18.2 Å². The molecule has 2 rings (SSSR count). The predicted molar refractivity (Wildman–Crippen MR) is 92.1 cm³/mol. The van der Waals surface area contributed by atoms with Crippen molar-refractivity contribution in [2.45, 2.75) is 52.3 Å². The lowest BCUT2D eigenvalue weighted by molar-refractivity contribution is -0.118. The molecule has 6 heteroatoms. The maximum Gasteiger partial charge on any atom is 0.526 e. The Hall–Kier alpha value is -1.82. The molecule has 5 nitrogen and oxygen atoms in total. The Morgan fingerprint density at radius 2 is 2.17 bits per heavy atom. The Balaban J connectivity index is 2.11. The van der Waals surface area contributed by atoms with Crippen LogP contribution < -0.4 is 4.65 Å². The summed E-state index contributed by atoms with van der Waals surface area (Å²) in [6.07, 6.45) is 2.03. The van der Waals surface area contributed by atoms with Crippen LogP contribution in [0.2, 0.25) is 5.82 Å². The molecule has 1 N–H and O–H groups in total. The molecule has 0 saturated heterocycles. The van der Waals surface area contributed by atoms with Crippen LogP contribution in [0.4, 0.5) is 0 Å². The molecule has 1 aliphatic rings. The van der Waals surface area contributed by atoms with E-state index in [-0.39, 0.29) is 18.0 Å². The fourth-order valence-corrected chi connectivity index (χ4v) is 2.72. The zero-order valence-corrected chi connectivity index (χ0v) is 14.6. The minimum absolute atomic E-state index is 0.0929. The molecule has 0 bridgehead atoms. The summed E-state index contributed by atoms with van der Waals surface area (Å²) in [7, 11) is -1.09. The number of fused-ring (bicyclic) bond motifs is 1. The number of benzene rings is 1. The van der Waals surface area contributed by atoms with E-state index in [9.17, 15) is 14.6 Å². The van der Waals surface area contributed by atoms with Gasteiger partial charge in [-0.25, -0.2) is 4.79 Å². The Morgan fingerprint density at radius 1 is 1.42 bits per heavy atom. The first-order chi connectivity index (χ1) is 11.4. The quantitative estimate of drug-likeness (QED) is 0.614. The van der Waals surface area contributed by atoms with Crippen molar-refractivity contribution in [3.8, 4) is 5.75 Å². The van der Waals surface area contributed by atoms with Crippen LogP contribution in [0.5, 0.6) is 5.75 Å². The summed E-state index contributed by atoms with van der Waals surface area (Å²) in [4.78, 5) is 23.9. The summed E-state index contributed by atoms with van der Waals surface area (Å²) in [6, 6.07) is 5.27. The van der Waals surface area contributed by atoms with Gasteiger partial charge in [-0.3, -0.25) is 4.79 Å². The van der Waals surface area contributed by atoms with Gasteiger partial charge in [-0.2, -0.15) is 0 Å². The number of para-hydroxylation sites is 1. The maximum atomic E-state index is 12.3. The van der Waals surface area contributed by atoms with Crippen molar-refractivity contribution in [2.24, 2.45) is 5.92 Å². The minimum atomic E-state index is -1.09. The fourth-order valence-electron chi connectivity index (χ4n) is 2.72. The summed E-state index contributed by atoms with van der Waals surface area (Å²) < 4.78 is 10.9. The summed E-state index contributed by atoms with van der Waals surface area (Å²) >= 11 is 0. The van der Waals surface area contributed by atoms with Crippen molar-refractivity contribution in [3.63, 3.8) is 0 Å². The Labute approximate surface area is 143 Å². The number of rotatable bonds is 7. The summed E-state index contributed by atoms with van der Waals surface area (Å²) in [5, 5.41) is 10.2. The standard InChI is InChI=1S/C18H25BO5/c1-4-15(20)11-14-10-13-6-5-7-16(17(13)24-19(14)22)18(21)23-9-8-12(2)3/h5-7,12,14,22H,4,8-11H2,1-3H3/t14-/m1/s1. The molecule has 1 aromatic carbocycles. The molecular formula is C18H25BO5. The first-order valence-electron chi connectivity index (χ1n) is 8.57. The molecule has 0 aromatic heterocycles. The number of Topliss-reactive ketones (excluding diaryl/α,β-unsaturated/α-hetero) is 1. The molecule has 1 aliphatic heterocycles. The fraction of sp³-hybridized carbons (Fsp3) is 0.556. The second-order valence-electron chi connectivity index (χ2n) is 6.68. The molecule has 0 spiro atoms. The van der Waals surface area contributed by atoms with Crippen LogP contribution in [-0.4, -0.2) is 30.5 Å². The lowest BCUT2D eigenvalue weighted by Crippen LogP contribution is -2.35. The number of ketones is 1. The van der Waals surface area contributed by atoms with Crippen LogP contribution >= 0.6 is 0 Å². The molecule has 1 aromatic rings. The normalized spacial score (nSPS) is 16.5. The third-order valence-electron chi connectivity index (χ3n) is 4.25. The van der Waals surface area contributed by atoms with Crippen molar-refractivity contribution < 1.29 is 24.0 Å². The number of hydrogen-bond donors (Lipinski definition) is 1. The van der Waals surface area contributed by atoms with E-state index >= 15 is 0 Å². The Bertz CT molecular complexity index is 599. The van der Waals surface area contributed by atoms with Gasteiger partial charge in [0.2, 0.25) is 0 Å². The van der Waals surface area contributed by atoms with Crippen LogP contribution in [0.3, 0.4) is 0 Å². The summed E-state index contributed by atoms with van der Waals surface area (Å²) in [5.41, 5.74) is 1.16. The van der Waals surface area contributed by atoms with Crippen molar-refractivity contribution in [1.29, 1.82) is 0 Å². The number of carbonyl (C=O) groups is 2. The van der Waals surface area contributed by atoms with Gasteiger partial charge in [0.1, 0.15) is 17.1 Å². The molecule has 0 saturated carbocycles. The van der Waals surface area contributed by atoms with Crippen LogP contribution in [-0.2, 0) is 16.0 Å². The zero-order chi connectivity index (χ0) is 17.7. The van der Waals surface area contributed by atoms with Gasteiger partial charge >= 0.3 is 13.1 Å². The molecule has 0 fully saturated rings. The molecular weight excluding hydrogens is 307 g/mol. The minimum Gasteiger partial charge on any atom is -0.535 e. The number of ether oxygens (including phenoxy) is 1. The molecule has 24 heavy (non-hydrogen) atoms. The van der Waals surface area contributed by atoms with Crippen molar-refractivity contribution in [3.05, 3.63) is 29.3 Å². The van der Waals surface area contributed by atoms with Gasteiger partial charge in [0.05, 0.1) is 6.61 Å². The van der Waals surface area contributed by atoms with Crippen LogP contribution in [0.1, 0.15) is 56.0 Å². The highest BCUT2D eigenvalue weighted by atomic mass is 16.5. The number of hydrogen-bond acceptors (Lipinski definition) is 5. The summed E-state index contributed by atoms with van der Waals surface area (Å²) in [5.74, 6) is 0.201. The number of esters is 1. The van der Waals surface area contributed by atoms with E-state index < -0.39 is 13.1 Å². The molecule has 1 atom stereocenters. The van der Waals surface area contributed by atoms with Gasteiger partial charge in [0.15, 0.2) is 0 Å². The maximum absolute atomic E-state index is 12.3. The third-order valence-corrected chi connectivity index (χ3v) is 4.25. The average Bonchev–Trinajstić information content (AvgIpc) is 2.54. The van der Waals surface area contributed by atoms with Gasteiger partial charge in [0.25, 0.3) is 0 Å². The smallest absolute Gasteiger partial charge is 0.526 e. The first-order valence-corrected chi connectivity index (χ1v) is 8.57. The number of carbonyl (C=O) groups excluding carboxylic acids is 2. The molecule has 1 heterocycles. The lowest BCUT2D eigenvalue weighted by atomic mass is 9.64. The summed E-state index contributed by atoms with van der Waals surface area (Å²) in [6.45, 7) is 6.29. The average molecular weight is 332 g/mol. The zero-order valence-electron chi connectivity index (χ0n) is 14.6. The third kappa shape index (κ3) is 4.60. The van der Waals surface area contributed by atoms with E-state index in [1.165, 1.54) is 0 Å². The topological polar surface area (TPSA) is 72.8 Å². The highest BCUT2D eigenvalue weighted by Crippen LogP contribution is 2.36. The van der Waals surface area contributed by atoms with E-state index in [4.69, 9.17) is 9.39 Å². The second-order valence-corrected chi connectivity index (χ2v) is 6.68. The Morgan fingerprint density at radius 3 is 2.83 bits per heavy atom. The van der Waals surface area contributed by atoms with E-state index in [1.807, 2.05) is 6.07 Å². The van der Waals surface area contributed by atoms with Crippen molar-refractivity contribution in [1.82, 2.24) is 0 Å². The highest BCUT2D eigenvalue weighted by Gasteiger charge is 2.37. The van der Waals surface area contributed by atoms with Crippen molar-refractivity contribution in [2.75, 3.05) is 6.61 Å². The van der Waals surface area contributed by atoms with E-state index in [0.717, 1.165) is 12.0 Å². The van der Waals surface area contributed by atoms with Crippen molar-refractivity contribution >= 4 is 18.9 Å². The lowest BCUT2D eigenvalue weighted by Gasteiger charge is -2.28.